The number of methoxy groups -OCH3 is 1. The topological polar surface area (TPSA) is 34.4 Å². The zero-order valence-electron chi connectivity index (χ0n) is 12.5. The lowest BCUT2D eigenvalue weighted by atomic mass is 10.2. The Morgan fingerprint density at radius 3 is 2.57 bits per heavy atom. The molecule has 0 saturated carbocycles. The zero-order valence-corrected chi connectivity index (χ0v) is 13.2. The van der Waals surface area contributed by atoms with E-state index in [1.54, 1.807) is 31.4 Å². The zero-order chi connectivity index (χ0) is 16.2. The molecule has 5 heteroatoms. The number of benzene rings is 2. The quantitative estimate of drug-likeness (QED) is 0.683. The first-order valence-electron chi connectivity index (χ1n) is 7.08. The fourth-order valence-corrected chi connectivity index (χ4v) is 2.47. The first kappa shape index (κ1) is 15.4. The summed E-state index contributed by atoms with van der Waals surface area (Å²) in [5, 5.41) is 3.78. The molecule has 0 aliphatic rings. The second kappa shape index (κ2) is 6.75. The fourth-order valence-electron chi connectivity index (χ4n) is 2.21. The maximum Gasteiger partial charge on any atom is 0.137 e. The van der Waals surface area contributed by atoms with E-state index in [2.05, 4.69) is 5.32 Å². The van der Waals surface area contributed by atoms with Crippen molar-refractivity contribution in [3.63, 3.8) is 0 Å². The molecule has 0 saturated heterocycles. The number of hydrogen-bond donors (Lipinski definition) is 1. The molecular formula is C18H15ClFNO2. The number of ether oxygens (including phenoxy) is 1. The van der Waals surface area contributed by atoms with E-state index in [0.717, 1.165) is 17.0 Å². The van der Waals surface area contributed by atoms with Crippen LogP contribution >= 0.6 is 11.6 Å². The van der Waals surface area contributed by atoms with Gasteiger partial charge in [-0.1, -0.05) is 11.6 Å². The molecular weight excluding hydrogens is 317 g/mol. The molecule has 0 unspecified atom stereocenters. The third-order valence-electron chi connectivity index (χ3n) is 3.41. The van der Waals surface area contributed by atoms with Gasteiger partial charge in [-0.05, 0) is 54.6 Å². The van der Waals surface area contributed by atoms with Gasteiger partial charge in [0.2, 0.25) is 0 Å². The lowest BCUT2D eigenvalue weighted by molar-refractivity contribution is 0.415. The van der Waals surface area contributed by atoms with Gasteiger partial charge >= 0.3 is 0 Å². The molecule has 0 spiro atoms. The monoisotopic (exact) mass is 331 g/mol. The van der Waals surface area contributed by atoms with Crippen LogP contribution in [-0.2, 0) is 6.54 Å². The van der Waals surface area contributed by atoms with Gasteiger partial charge in [-0.2, -0.15) is 0 Å². The highest BCUT2D eigenvalue weighted by Gasteiger charge is 2.06. The van der Waals surface area contributed by atoms with E-state index in [4.69, 9.17) is 20.8 Å². The molecule has 1 aromatic heterocycles. The second-order valence-corrected chi connectivity index (χ2v) is 5.38. The Morgan fingerprint density at radius 2 is 1.87 bits per heavy atom. The van der Waals surface area contributed by atoms with E-state index in [-0.39, 0.29) is 5.82 Å². The smallest absolute Gasteiger partial charge is 0.137 e. The van der Waals surface area contributed by atoms with Crippen molar-refractivity contribution < 1.29 is 13.5 Å². The van der Waals surface area contributed by atoms with Gasteiger partial charge in [0.1, 0.15) is 23.1 Å². The summed E-state index contributed by atoms with van der Waals surface area (Å²) in [7, 11) is 1.58. The van der Waals surface area contributed by atoms with Crippen LogP contribution in [0.4, 0.5) is 10.1 Å². The normalized spacial score (nSPS) is 10.6. The van der Waals surface area contributed by atoms with Crippen LogP contribution in [0.1, 0.15) is 5.76 Å². The summed E-state index contributed by atoms with van der Waals surface area (Å²) in [6.45, 7) is 0.518. The molecule has 3 aromatic rings. The minimum absolute atomic E-state index is 0.265. The van der Waals surface area contributed by atoms with Gasteiger partial charge in [-0.3, -0.25) is 0 Å². The highest BCUT2D eigenvalue weighted by Crippen LogP contribution is 2.28. The minimum Gasteiger partial charge on any atom is -0.495 e. The molecule has 1 N–H and O–H groups in total. The van der Waals surface area contributed by atoms with E-state index in [1.807, 2.05) is 18.2 Å². The van der Waals surface area contributed by atoms with Gasteiger partial charge in [-0.15, -0.1) is 0 Å². The molecule has 3 rings (SSSR count). The summed E-state index contributed by atoms with van der Waals surface area (Å²) < 4.78 is 23.8. The molecule has 0 amide bonds. The number of furan rings is 1. The van der Waals surface area contributed by atoms with Crippen molar-refractivity contribution in [2.24, 2.45) is 0 Å². The molecule has 0 fully saturated rings. The van der Waals surface area contributed by atoms with Crippen LogP contribution in [0, 0.1) is 5.82 Å². The van der Waals surface area contributed by atoms with Crippen LogP contribution in [0.3, 0.4) is 0 Å². The molecule has 3 nitrogen and oxygen atoms in total. The Bertz CT molecular complexity index is 799. The lowest BCUT2D eigenvalue weighted by Crippen LogP contribution is -1.98. The van der Waals surface area contributed by atoms with Crippen molar-refractivity contribution in [2.45, 2.75) is 6.54 Å². The van der Waals surface area contributed by atoms with E-state index in [1.165, 1.54) is 12.1 Å². The Morgan fingerprint density at radius 1 is 1.09 bits per heavy atom. The van der Waals surface area contributed by atoms with Gasteiger partial charge in [0.15, 0.2) is 0 Å². The molecule has 0 aliphatic heterocycles. The van der Waals surface area contributed by atoms with Crippen molar-refractivity contribution in [3.05, 3.63) is 71.2 Å². The largest absolute Gasteiger partial charge is 0.495 e. The summed E-state index contributed by atoms with van der Waals surface area (Å²) >= 11 is 6.09. The van der Waals surface area contributed by atoms with Crippen LogP contribution in [0.15, 0.2) is 59.0 Å². The standard InChI is InChI=1S/C18H15ClFNO2/c1-22-18-8-6-14(10-16(18)19)21-11-15-7-9-17(23-15)12-2-4-13(20)5-3-12/h2-10,21H,11H2,1H3. The van der Waals surface area contributed by atoms with Crippen molar-refractivity contribution >= 4 is 17.3 Å². The summed E-state index contributed by atoms with van der Waals surface area (Å²) in [6, 6.07) is 15.4. The first-order valence-corrected chi connectivity index (χ1v) is 7.45. The van der Waals surface area contributed by atoms with Gasteiger partial charge in [0, 0.05) is 11.3 Å². The van der Waals surface area contributed by atoms with Crippen LogP contribution in [-0.4, -0.2) is 7.11 Å². The van der Waals surface area contributed by atoms with E-state index in [0.29, 0.717) is 23.1 Å². The van der Waals surface area contributed by atoms with Crippen LogP contribution in [0.5, 0.6) is 5.75 Å². The van der Waals surface area contributed by atoms with Gasteiger partial charge in [0.25, 0.3) is 0 Å². The summed E-state index contributed by atoms with van der Waals surface area (Å²) in [6.07, 6.45) is 0. The Kier molecular flexibility index (Phi) is 4.53. The third kappa shape index (κ3) is 3.66. The fraction of sp³-hybridized carbons (Fsp3) is 0.111. The number of hydrogen-bond acceptors (Lipinski definition) is 3. The minimum atomic E-state index is -0.265. The molecule has 0 radical (unpaired) electrons. The van der Waals surface area contributed by atoms with Crippen LogP contribution in [0.25, 0.3) is 11.3 Å². The molecule has 23 heavy (non-hydrogen) atoms. The van der Waals surface area contributed by atoms with E-state index in [9.17, 15) is 4.39 Å². The molecule has 118 valence electrons. The molecule has 0 aliphatic carbocycles. The van der Waals surface area contributed by atoms with Crippen LogP contribution < -0.4 is 10.1 Å². The summed E-state index contributed by atoms with van der Waals surface area (Å²) in [4.78, 5) is 0. The predicted molar refractivity (Wildman–Crippen MR) is 89.4 cm³/mol. The maximum absolute atomic E-state index is 12.9. The summed E-state index contributed by atoms with van der Waals surface area (Å²) in [5.74, 6) is 1.85. The van der Waals surface area contributed by atoms with E-state index < -0.39 is 0 Å². The summed E-state index contributed by atoms with van der Waals surface area (Å²) in [5.41, 5.74) is 1.71. The van der Waals surface area contributed by atoms with Crippen LogP contribution in [0.2, 0.25) is 5.02 Å². The van der Waals surface area contributed by atoms with Gasteiger partial charge < -0.3 is 14.5 Å². The molecule has 0 bridgehead atoms. The molecule has 0 atom stereocenters. The SMILES string of the molecule is COc1ccc(NCc2ccc(-c3ccc(F)cc3)o2)cc1Cl. The number of halogens is 2. The van der Waals surface area contributed by atoms with E-state index >= 15 is 0 Å². The third-order valence-corrected chi connectivity index (χ3v) is 3.70. The predicted octanol–water partition coefficient (Wildman–Crippen LogP) is 5.36. The van der Waals surface area contributed by atoms with Gasteiger partial charge in [0.05, 0.1) is 18.7 Å². The number of rotatable bonds is 5. The van der Waals surface area contributed by atoms with Gasteiger partial charge in [-0.25, -0.2) is 4.39 Å². The Hall–Kier alpha value is -2.46. The Balaban J connectivity index is 1.67. The van der Waals surface area contributed by atoms with Crippen molar-refractivity contribution in [1.82, 2.24) is 0 Å². The average Bonchev–Trinajstić information content (AvgIpc) is 3.03. The van der Waals surface area contributed by atoms with Crippen molar-refractivity contribution in [2.75, 3.05) is 12.4 Å². The molecule has 1 heterocycles. The van der Waals surface area contributed by atoms with Crippen molar-refractivity contribution in [3.8, 4) is 17.1 Å². The highest BCUT2D eigenvalue weighted by molar-refractivity contribution is 6.32. The average molecular weight is 332 g/mol. The first-order chi connectivity index (χ1) is 11.2. The number of anilines is 1. The number of nitrogens with one attached hydrogen (secondary N) is 1. The highest BCUT2D eigenvalue weighted by atomic mass is 35.5. The Labute approximate surface area is 138 Å². The second-order valence-electron chi connectivity index (χ2n) is 4.98. The van der Waals surface area contributed by atoms with Crippen molar-refractivity contribution in [1.29, 1.82) is 0 Å². The molecule has 2 aromatic carbocycles. The lowest BCUT2D eigenvalue weighted by Gasteiger charge is -2.07. The maximum atomic E-state index is 12.9.